The number of ketones is 1. The fraction of sp³-hybridized carbons (Fsp3) is 0.516. The van der Waals surface area contributed by atoms with Gasteiger partial charge >= 0.3 is 12.2 Å². The van der Waals surface area contributed by atoms with Crippen LogP contribution in [0.5, 0.6) is 11.5 Å². The van der Waals surface area contributed by atoms with Crippen molar-refractivity contribution in [2.75, 3.05) is 26.3 Å². The van der Waals surface area contributed by atoms with Crippen LogP contribution in [-0.2, 0) is 9.47 Å². The Morgan fingerprint density at radius 1 is 0.700 bits per heavy atom. The molecule has 0 saturated carbocycles. The lowest BCUT2D eigenvalue weighted by atomic mass is 10.0. The summed E-state index contributed by atoms with van der Waals surface area (Å²) in [6, 6.07) is 10.9. The van der Waals surface area contributed by atoms with Gasteiger partial charge in [-0.25, -0.2) is 9.59 Å². The first-order valence-corrected chi connectivity index (χ1v) is 13.9. The van der Waals surface area contributed by atoms with Crippen LogP contribution in [-0.4, -0.2) is 77.4 Å². The van der Waals surface area contributed by atoms with E-state index in [9.17, 15) is 14.4 Å². The second kappa shape index (κ2) is 10.3. The van der Waals surface area contributed by atoms with Crippen LogP contribution in [0.4, 0.5) is 9.59 Å². The molecule has 9 heteroatoms. The summed E-state index contributed by atoms with van der Waals surface area (Å²) in [5.74, 6) is 1.08. The Balaban J connectivity index is 1.18. The van der Waals surface area contributed by atoms with Gasteiger partial charge in [0, 0.05) is 24.2 Å². The van der Waals surface area contributed by atoms with Crippen LogP contribution >= 0.6 is 0 Å². The second-order valence-electron chi connectivity index (χ2n) is 12.6. The summed E-state index contributed by atoms with van der Waals surface area (Å²) in [5, 5.41) is 0. The molecule has 0 aromatic heterocycles. The van der Waals surface area contributed by atoms with Crippen LogP contribution in [0.2, 0.25) is 0 Å². The predicted octanol–water partition coefficient (Wildman–Crippen LogP) is 5.67. The molecule has 1 aliphatic carbocycles. The average Bonchev–Trinajstić information content (AvgIpc) is 3.06. The Morgan fingerprint density at radius 3 is 1.43 bits per heavy atom. The van der Waals surface area contributed by atoms with Gasteiger partial charge in [0.05, 0.1) is 12.1 Å². The van der Waals surface area contributed by atoms with Crippen molar-refractivity contribution in [3.63, 3.8) is 0 Å². The predicted molar refractivity (Wildman–Crippen MR) is 149 cm³/mol. The molecule has 2 saturated heterocycles. The van der Waals surface area contributed by atoms with Crippen LogP contribution in [0.15, 0.2) is 36.4 Å². The molecule has 214 valence electrons. The van der Waals surface area contributed by atoms with Crippen molar-refractivity contribution in [1.82, 2.24) is 9.80 Å². The maximum Gasteiger partial charge on any atom is 0.410 e. The highest BCUT2D eigenvalue weighted by atomic mass is 16.6. The van der Waals surface area contributed by atoms with Crippen LogP contribution < -0.4 is 9.47 Å². The van der Waals surface area contributed by atoms with Crippen molar-refractivity contribution < 1.29 is 33.3 Å². The van der Waals surface area contributed by atoms with Crippen molar-refractivity contribution in [1.29, 1.82) is 0 Å². The summed E-state index contributed by atoms with van der Waals surface area (Å²) in [6.45, 7) is 13.0. The van der Waals surface area contributed by atoms with Gasteiger partial charge in [0.15, 0.2) is 5.78 Å². The van der Waals surface area contributed by atoms with Crippen LogP contribution in [0, 0.1) is 0 Å². The zero-order chi connectivity index (χ0) is 28.8. The second-order valence-corrected chi connectivity index (χ2v) is 12.6. The van der Waals surface area contributed by atoms with Gasteiger partial charge in [-0.15, -0.1) is 0 Å². The molecule has 0 spiro atoms. The largest absolute Gasteiger partial charge is 0.491 e. The molecule has 2 fully saturated rings. The number of amides is 2. The minimum absolute atomic E-state index is 0.0578. The Hall–Kier alpha value is -3.75. The first kappa shape index (κ1) is 27.8. The molecular formula is C31H38N2O7. The smallest absolute Gasteiger partial charge is 0.410 e. The number of benzene rings is 2. The molecule has 2 aromatic rings. The average molecular weight is 551 g/mol. The monoisotopic (exact) mass is 550 g/mol. The van der Waals surface area contributed by atoms with Gasteiger partial charge in [-0.3, -0.25) is 4.79 Å². The van der Waals surface area contributed by atoms with E-state index in [4.69, 9.17) is 18.9 Å². The molecule has 0 bridgehead atoms. The molecule has 9 nitrogen and oxygen atoms in total. The van der Waals surface area contributed by atoms with Crippen molar-refractivity contribution in [3.05, 3.63) is 47.5 Å². The molecule has 40 heavy (non-hydrogen) atoms. The lowest BCUT2D eigenvalue weighted by molar-refractivity contribution is -0.0149. The fourth-order valence-corrected chi connectivity index (χ4v) is 4.95. The minimum atomic E-state index is -0.546. The Labute approximate surface area is 235 Å². The van der Waals surface area contributed by atoms with E-state index in [0.29, 0.717) is 48.9 Å². The highest BCUT2D eigenvalue weighted by Gasteiger charge is 2.37. The van der Waals surface area contributed by atoms with Gasteiger partial charge < -0.3 is 28.7 Å². The van der Waals surface area contributed by atoms with Crippen molar-refractivity contribution >= 4 is 18.0 Å². The summed E-state index contributed by atoms with van der Waals surface area (Å²) in [6.07, 6.45) is 1.01. The highest BCUT2D eigenvalue weighted by molar-refractivity contribution is 6.22. The molecule has 0 N–H and O–H groups in total. The van der Waals surface area contributed by atoms with Crippen molar-refractivity contribution in [3.8, 4) is 22.6 Å². The van der Waals surface area contributed by atoms with E-state index >= 15 is 0 Å². The molecular weight excluding hydrogens is 512 g/mol. The number of fused-ring (bicyclic) bond motifs is 3. The number of hydrogen-bond acceptors (Lipinski definition) is 7. The third kappa shape index (κ3) is 5.88. The van der Waals surface area contributed by atoms with Crippen LogP contribution in [0.1, 0.15) is 70.3 Å². The topological polar surface area (TPSA) is 94.6 Å². The molecule has 3 aliphatic rings. The number of carbonyl (C=O) groups is 3. The normalized spacial score (nSPS) is 19.7. The number of likely N-dealkylation sites (tertiary alicyclic amines) is 2. The number of nitrogens with zero attached hydrogens (tertiary/aromatic N) is 2. The van der Waals surface area contributed by atoms with Crippen LogP contribution in [0.25, 0.3) is 11.1 Å². The molecule has 2 amide bonds. The quantitative estimate of drug-likeness (QED) is 0.390. The third-order valence-corrected chi connectivity index (χ3v) is 7.19. The van der Waals surface area contributed by atoms with Crippen molar-refractivity contribution in [2.45, 2.75) is 77.7 Å². The zero-order valence-corrected chi connectivity index (χ0v) is 24.1. The van der Waals surface area contributed by atoms with E-state index in [1.165, 1.54) is 0 Å². The molecule has 5 rings (SSSR count). The zero-order valence-electron chi connectivity index (χ0n) is 24.1. The maximum atomic E-state index is 13.3. The van der Waals surface area contributed by atoms with E-state index in [1.807, 2.05) is 65.8 Å². The Kier molecular flexibility index (Phi) is 7.18. The van der Waals surface area contributed by atoms with Gasteiger partial charge in [0.1, 0.15) is 35.9 Å². The van der Waals surface area contributed by atoms with E-state index in [-0.39, 0.29) is 30.1 Å². The summed E-state index contributed by atoms with van der Waals surface area (Å²) in [5.41, 5.74) is 1.78. The van der Waals surface area contributed by atoms with E-state index < -0.39 is 11.2 Å². The SMILES string of the molecule is CC(C)(C)OC(=O)N1CC[C@@H]1COc1ccc2c(c1)C(=O)c1cc(OC[C@H]3CCN3C(=O)OC(C)(C)C)ccc1-2. The molecule has 2 heterocycles. The summed E-state index contributed by atoms with van der Waals surface area (Å²) >= 11 is 0. The Morgan fingerprint density at radius 2 is 1.10 bits per heavy atom. The standard InChI is InChI=1S/C31H38N2O7/c1-30(2,3)39-28(35)32-13-11-19(32)17-37-21-7-9-23-24-10-8-22(16-26(24)27(34)25(23)15-21)38-18-20-12-14-33(20)29(36)40-31(4,5)6/h7-10,15-16,19-20H,11-14,17-18H2,1-6H3/t19-,20-/m1/s1. The lowest BCUT2D eigenvalue weighted by Crippen LogP contribution is -2.55. The van der Waals surface area contributed by atoms with Gasteiger partial charge in [-0.2, -0.15) is 0 Å². The summed E-state index contributed by atoms with van der Waals surface area (Å²) in [7, 11) is 0. The van der Waals surface area contributed by atoms with E-state index in [0.717, 1.165) is 24.0 Å². The maximum absolute atomic E-state index is 13.3. The first-order chi connectivity index (χ1) is 18.8. The number of hydrogen-bond donors (Lipinski definition) is 0. The molecule has 2 aromatic carbocycles. The van der Waals surface area contributed by atoms with E-state index in [2.05, 4.69) is 0 Å². The molecule has 0 unspecified atom stereocenters. The van der Waals surface area contributed by atoms with Crippen LogP contribution in [0.3, 0.4) is 0 Å². The van der Waals surface area contributed by atoms with Gasteiger partial charge in [0.25, 0.3) is 0 Å². The van der Waals surface area contributed by atoms with Gasteiger partial charge in [0.2, 0.25) is 0 Å². The summed E-state index contributed by atoms with van der Waals surface area (Å²) < 4.78 is 22.9. The lowest BCUT2D eigenvalue weighted by Gasteiger charge is -2.41. The number of rotatable bonds is 6. The van der Waals surface area contributed by atoms with Crippen molar-refractivity contribution in [2.24, 2.45) is 0 Å². The summed E-state index contributed by atoms with van der Waals surface area (Å²) in [4.78, 5) is 41.4. The van der Waals surface area contributed by atoms with Gasteiger partial charge in [-0.05, 0) is 102 Å². The Bertz CT molecular complexity index is 1220. The number of ether oxygens (including phenoxy) is 4. The first-order valence-electron chi connectivity index (χ1n) is 13.9. The third-order valence-electron chi connectivity index (χ3n) is 7.19. The fourth-order valence-electron chi connectivity index (χ4n) is 4.95. The number of carbonyl (C=O) groups excluding carboxylic acids is 3. The molecule has 2 aliphatic heterocycles. The van der Waals surface area contributed by atoms with E-state index in [1.54, 1.807) is 21.9 Å². The minimum Gasteiger partial charge on any atom is -0.491 e. The highest BCUT2D eigenvalue weighted by Crippen LogP contribution is 2.40. The molecule has 2 atom stereocenters. The van der Waals surface area contributed by atoms with Gasteiger partial charge in [-0.1, -0.05) is 0 Å². The molecule has 0 radical (unpaired) electrons.